The van der Waals surface area contributed by atoms with E-state index in [2.05, 4.69) is 116 Å². The molecular formula is C75H108BCl2IN12O8. The number of carbonyl (C=O) groups is 3. The van der Waals surface area contributed by atoms with E-state index in [4.69, 9.17) is 47.5 Å². The summed E-state index contributed by atoms with van der Waals surface area (Å²) in [7, 11) is -1.34. The number of amides is 3. The molecule has 540 valence electrons. The topological polar surface area (TPSA) is 214 Å². The molecule has 24 heteroatoms. The third-order valence-electron chi connectivity index (χ3n) is 14.0. The maximum absolute atomic E-state index is 12.2. The van der Waals surface area contributed by atoms with Crippen molar-refractivity contribution in [2.45, 2.75) is 121 Å². The molecule has 8 heterocycles. The van der Waals surface area contributed by atoms with Gasteiger partial charge >= 0.3 is 25.4 Å². The summed E-state index contributed by atoms with van der Waals surface area (Å²) in [6.07, 6.45) is 6.34. The third kappa shape index (κ3) is 32.7. The van der Waals surface area contributed by atoms with Gasteiger partial charge in [0, 0.05) is 141 Å². The molecule has 0 atom stereocenters. The van der Waals surface area contributed by atoms with Crippen molar-refractivity contribution in [3.8, 4) is 22.5 Å². The van der Waals surface area contributed by atoms with Crippen LogP contribution in [0, 0.1) is 3.57 Å². The summed E-state index contributed by atoms with van der Waals surface area (Å²) in [5.74, 6) is 0. The highest BCUT2D eigenvalue weighted by Crippen LogP contribution is 2.31. The Morgan fingerprint density at radius 3 is 1.03 bits per heavy atom. The number of hydrogen-bond donors (Lipinski definition) is 4. The van der Waals surface area contributed by atoms with Crippen molar-refractivity contribution >= 4 is 93.7 Å². The fourth-order valence-electron chi connectivity index (χ4n) is 9.54. The van der Waals surface area contributed by atoms with Gasteiger partial charge in [-0.25, -0.2) is 24.4 Å². The molecule has 4 N–H and O–H groups in total. The van der Waals surface area contributed by atoms with Gasteiger partial charge in [0.05, 0.1) is 32.0 Å². The Bertz CT molecular complexity index is 3330. The Balaban J connectivity index is 0.000000315. The van der Waals surface area contributed by atoms with Gasteiger partial charge < -0.3 is 64.3 Å². The van der Waals surface area contributed by atoms with Crippen LogP contribution in [0.4, 0.5) is 31.4 Å². The number of rotatable bonds is 6. The molecular weight excluding hydrogens is 1410 g/mol. The Labute approximate surface area is 614 Å². The molecule has 20 nitrogen and oxygen atoms in total. The monoisotopic (exact) mass is 1510 g/mol. The minimum absolute atomic E-state index is 0.200. The van der Waals surface area contributed by atoms with Crippen LogP contribution >= 0.6 is 45.8 Å². The summed E-state index contributed by atoms with van der Waals surface area (Å²) < 4.78 is 17.1. The lowest BCUT2D eigenvalue weighted by Gasteiger charge is -2.37. The second-order valence-corrected chi connectivity index (χ2v) is 26.6. The number of ether oxygens (including phenoxy) is 3. The van der Waals surface area contributed by atoms with Crippen LogP contribution < -0.4 is 30.8 Å². The maximum Gasteiger partial charge on any atom is 0.488 e. The number of hydrogen-bond acceptors (Lipinski definition) is 17. The Morgan fingerprint density at radius 1 is 0.404 bits per heavy atom. The zero-order valence-corrected chi connectivity index (χ0v) is 64.6. The van der Waals surface area contributed by atoms with E-state index in [-0.39, 0.29) is 23.9 Å². The van der Waals surface area contributed by atoms with Crippen molar-refractivity contribution in [3.63, 3.8) is 0 Å². The average molecular weight is 1510 g/mol. The molecule has 4 aromatic heterocycles. The van der Waals surface area contributed by atoms with E-state index in [1.807, 2.05) is 183 Å². The highest BCUT2D eigenvalue weighted by atomic mass is 127. The third-order valence-corrected chi connectivity index (χ3v) is 15.8. The minimum atomic E-state index is -1.34. The molecule has 0 unspecified atom stereocenters. The molecule has 4 saturated heterocycles. The van der Waals surface area contributed by atoms with Gasteiger partial charge in [-0.2, -0.15) is 0 Å². The lowest BCUT2D eigenvalue weighted by Crippen LogP contribution is -2.50. The number of nitrogens with zero attached hydrogens (tertiary/aromatic N) is 10. The van der Waals surface area contributed by atoms with Crippen molar-refractivity contribution in [1.29, 1.82) is 0 Å². The molecule has 0 radical (unpaired) electrons. The number of nitrogens with one attached hydrogen (secondary N) is 2. The Kier molecular flexibility index (Phi) is 40.1. The first-order chi connectivity index (χ1) is 47.4. The SMILES string of the molecule is CC.CC.CC.CC(C)(C)OC(=O)N1CCN(c2cccnc2-c2ccccc2)CC1.CC(C)(C)OC(=O)N1CCN(c2cccnc2Cl)CC1.CC(C)(C)OC(=O)N1CCNCC1.Clc1ncccc1I.OB(O)c1ccccc1.c1ccc(-c2ncccc2N2CCNCC2)cc1. The van der Waals surface area contributed by atoms with E-state index in [0.717, 1.165) is 110 Å². The van der Waals surface area contributed by atoms with Crippen molar-refractivity contribution in [2.75, 3.05) is 119 Å². The zero-order valence-electron chi connectivity index (χ0n) is 60.9. The molecule has 4 aliphatic rings. The molecule has 3 amide bonds. The lowest BCUT2D eigenvalue weighted by atomic mass is 9.81. The average Bonchev–Trinajstić information content (AvgIpc) is 0.830. The van der Waals surface area contributed by atoms with Crippen LogP contribution in [0.25, 0.3) is 22.5 Å². The van der Waals surface area contributed by atoms with Gasteiger partial charge in [0.2, 0.25) is 0 Å². The van der Waals surface area contributed by atoms with Gasteiger partial charge in [-0.15, -0.1) is 0 Å². The minimum Gasteiger partial charge on any atom is -0.444 e. The van der Waals surface area contributed by atoms with E-state index in [9.17, 15) is 14.4 Å². The molecule has 99 heavy (non-hydrogen) atoms. The highest BCUT2D eigenvalue weighted by Gasteiger charge is 2.29. The molecule has 0 aliphatic carbocycles. The van der Waals surface area contributed by atoms with E-state index >= 15 is 0 Å². The quantitative estimate of drug-likeness (QED) is 0.0527. The summed E-state index contributed by atoms with van der Waals surface area (Å²) in [5, 5.41) is 24.8. The molecule has 3 aromatic carbocycles. The number of piperazine rings is 4. The van der Waals surface area contributed by atoms with Crippen LogP contribution in [0.2, 0.25) is 10.3 Å². The predicted molar refractivity (Wildman–Crippen MR) is 417 cm³/mol. The normalized spacial score (nSPS) is 14.1. The second kappa shape index (κ2) is 46.2. The molecule has 0 spiro atoms. The van der Waals surface area contributed by atoms with Crippen molar-refractivity contribution < 1.29 is 38.6 Å². The van der Waals surface area contributed by atoms with Crippen LogP contribution in [0.1, 0.15) is 104 Å². The lowest BCUT2D eigenvalue weighted by molar-refractivity contribution is 0.0221. The molecule has 7 aromatic rings. The summed E-state index contributed by atoms with van der Waals surface area (Å²) in [5.41, 5.74) is 6.84. The van der Waals surface area contributed by atoms with Crippen LogP contribution in [-0.2, 0) is 14.2 Å². The zero-order chi connectivity index (χ0) is 73.4. The first kappa shape index (κ1) is 85.9. The Hall–Kier alpha value is -7.32. The molecule has 4 aliphatic heterocycles. The van der Waals surface area contributed by atoms with Crippen LogP contribution in [-0.4, -0.2) is 192 Å². The fraction of sp³-hybridized carbons (Fsp3) is 0.453. The molecule has 11 rings (SSSR count). The van der Waals surface area contributed by atoms with E-state index in [1.165, 1.54) is 11.3 Å². The van der Waals surface area contributed by atoms with E-state index in [1.54, 1.807) is 51.4 Å². The van der Waals surface area contributed by atoms with E-state index in [0.29, 0.717) is 41.9 Å². The maximum atomic E-state index is 12.2. The number of pyridine rings is 4. The summed E-state index contributed by atoms with van der Waals surface area (Å²) in [4.78, 5) is 64.8. The first-order valence-corrected chi connectivity index (χ1v) is 36.1. The van der Waals surface area contributed by atoms with Crippen LogP contribution in [0.3, 0.4) is 0 Å². The number of halogens is 3. The van der Waals surface area contributed by atoms with Gasteiger partial charge in [0.15, 0.2) is 5.15 Å². The largest absolute Gasteiger partial charge is 0.488 e. The van der Waals surface area contributed by atoms with Gasteiger partial charge in [0.25, 0.3) is 0 Å². The van der Waals surface area contributed by atoms with Gasteiger partial charge in [-0.05, 0) is 139 Å². The second-order valence-electron chi connectivity index (χ2n) is 24.7. The van der Waals surface area contributed by atoms with Gasteiger partial charge in [-0.3, -0.25) is 9.97 Å². The van der Waals surface area contributed by atoms with Crippen LogP contribution in [0.5, 0.6) is 0 Å². The van der Waals surface area contributed by atoms with Crippen molar-refractivity contribution in [2.24, 2.45) is 0 Å². The van der Waals surface area contributed by atoms with Gasteiger partial charge in [-0.1, -0.05) is 156 Å². The summed E-state index contributed by atoms with van der Waals surface area (Å²) >= 11 is 13.8. The van der Waals surface area contributed by atoms with Crippen molar-refractivity contribution in [1.82, 2.24) is 45.3 Å². The van der Waals surface area contributed by atoms with Crippen molar-refractivity contribution in [3.05, 3.63) is 178 Å². The predicted octanol–water partition coefficient (Wildman–Crippen LogP) is 14.4. The van der Waals surface area contributed by atoms with E-state index < -0.39 is 18.3 Å². The fourth-order valence-corrected chi connectivity index (χ4v) is 10.2. The summed E-state index contributed by atoms with van der Waals surface area (Å²) in [6.45, 7) is 41.9. The Morgan fingerprint density at radius 2 is 0.707 bits per heavy atom. The number of carbonyl (C=O) groups excluding carboxylic acids is 3. The van der Waals surface area contributed by atoms with Gasteiger partial charge in [0.1, 0.15) is 22.0 Å². The molecule has 0 bridgehead atoms. The standard InChI is InChI=1S/C20H25N3O2.C15H17N3.C14H20ClN3O2.C9H18N2O2.C6H7BO2.C5H3ClIN.3C2H6/c1-20(2,3)25-19(24)23-14-12-22(13-15-23)17-10-7-11-21-18(17)16-8-5-4-6-9-16;1-2-5-13(6-3-1)15-14(7-4-8-17-15)18-11-9-16-10-12-18;1-14(2,3)20-13(19)18-9-7-17(8-10-18)11-5-4-6-16-12(11)15;1-9(2,3)13-8(12)11-6-4-10-5-7-11;8-7(9)6-4-2-1-3-5-6;6-5-4(7)2-1-3-8-5;3*1-2/h4-11H,12-15H2,1-3H3;1-8,16H,9-12H2;4-6H,7-10H2,1-3H3;10H,4-7H2,1-3H3;1-5,8-9H;1-3H;3*1-2H3. The smallest absolute Gasteiger partial charge is 0.444 e. The highest BCUT2D eigenvalue weighted by molar-refractivity contribution is 14.1. The molecule has 0 saturated carbocycles. The number of anilines is 3. The van der Waals surface area contributed by atoms with Crippen LogP contribution in [0.15, 0.2) is 164 Å². The summed E-state index contributed by atoms with van der Waals surface area (Å²) in [6, 6.07) is 45.1. The number of aromatic nitrogens is 4. The molecule has 4 fully saturated rings. The first-order valence-electron chi connectivity index (χ1n) is 34.2. The number of benzene rings is 3.